The summed E-state index contributed by atoms with van der Waals surface area (Å²) in [6.45, 7) is 1.88. The molecule has 0 bridgehead atoms. The molecule has 1 aliphatic heterocycles. The van der Waals surface area contributed by atoms with Crippen LogP contribution in [0.1, 0.15) is 13.3 Å². The van der Waals surface area contributed by atoms with Crippen molar-refractivity contribution in [3.8, 4) is 0 Å². The SMILES string of the molecule is CCOC(=O)CC1=CS(=O)(=O)c2cc(N(C)S(C)(=O)=O)ccc2N1C. The van der Waals surface area contributed by atoms with Crippen LogP contribution in [0.15, 0.2) is 34.2 Å². The maximum Gasteiger partial charge on any atom is 0.311 e. The van der Waals surface area contributed by atoms with Crippen LogP contribution in [-0.2, 0) is 29.4 Å². The zero-order chi connectivity index (χ0) is 19.0. The van der Waals surface area contributed by atoms with Crippen LogP contribution in [0.4, 0.5) is 11.4 Å². The lowest BCUT2D eigenvalue weighted by Gasteiger charge is -2.29. The average molecular weight is 388 g/mol. The van der Waals surface area contributed by atoms with E-state index in [9.17, 15) is 21.6 Å². The number of sulfone groups is 1. The lowest BCUT2D eigenvalue weighted by atomic mass is 10.2. The zero-order valence-corrected chi connectivity index (χ0v) is 16.0. The number of benzene rings is 1. The van der Waals surface area contributed by atoms with Crippen molar-refractivity contribution in [2.45, 2.75) is 18.2 Å². The first-order chi connectivity index (χ1) is 11.5. The molecule has 0 saturated heterocycles. The van der Waals surface area contributed by atoms with Crippen molar-refractivity contribution < 1.29 is 26.4 Å². The van der Waals surface area contributed by atoms with Gasteiger partial charge >= 0.3 is 5.97 Å². The van der Waals surface area contributed by atoms with Crippen molar-refractivity contribution in [3.63, 3.8) is 0 Å². The Bertz CT molecular complexity index is 935. The van der Waals surface area contributed by atoms with E-state index in [0.717, 1.165) is 16.0 Å². The van der Waals surface area contributed by atoms with Gasteiger partial charge in [0.15, 0.2) is 0 Å². The summed E-state index contributed by atoms with van der Waals surface area (Å²) in [5, 5.41) is 1.01. The highest BCUT2D eigenvalue weighted by molar-refractivity contribution is 7.94. The van der Waals surface area contributed by atoms with Gasteiger partial charge in [-0.1, -0.05) is 0 Å². The summed E-state index contributed by atoms with van der Waals surface area (Å²) in [4.78, 5) is 13.2. The molecule has 0 spiro atoms. The Morgan fingerprint density at radius 3 is 2.52 bits per heavy atom. The highest BCUT2D eigenvalue weighted by Gasteiger charge is 2.29. The Morgan fingerprint density at radius 1 is 1.32 bits per heavy atom. The number of esters is 1. The maximum atomic E-state index is 12.6. The summed E-state index contributed by atoms with van der Waals surface area (Å²) < 4.78 is 54.3. The molecule has 0 aliphatic carbocycles. The second-order valence-corrected chi connectivity index (χ2v) is 9.36. The largest absolute Gasteiger partial charge is 0.466 e. The van der Waals surface area contributed by atoms with Gasteiger partial charge in [-0.25, -0.2) is 16.8 Å². The molecule has 2 rings (SSSR count). The zero-order valence-electron chi connectivity index (χ0n) is 14.4. The van der Waals surface area contributed by atoms with E-state index >= 15 is 0 Å². The van der Waals surface area contributed by atoms with Crippen molar-refractivity contribution in [3.05, 3.63) is 29.3 Å². The molecule has 0 radical (unpaired) electrons. The molecule has 0 saturated carbocycles. The first-order valence-electron chi connectivity index (χ1n) is 7.40. The smallest absolute Gasteiger partial charge is 0.311 e. The second-order valence-electron chi connectivity index (χ2n) is 5.58. The van der Waals surface area contributed by atoms with Crippen molar-refractivity contribution in [1.82, 2.24) is 0 Å². The van der Waals surface area contributed by atoms with Gasteiger partial charge in [-0.05, 0) is 25.1 Å². The summed E-state index contributed by atoms with van der Waals surface area (Å²) in [6.07, 6.45) is 0.860. The third-order valence-corrected chi connectivity index (χ3v) is 6.55. The minimum Gasteiger partial charge on any atom is -0.466 e. The topological polar surface area (TPSA) is 101 Å². The number of nitrogens with zero attached hydrogens (tertiary/aromatic N) is 2. The van der Waals surface area contributed by atoms with Gasteiger partial charge in [0, 0.05) is 19.8 Å². The van der Waals surface area contributed by atoms with Crippen LogP contribution in [0.25, 0.3) is 0 Å². The number of anilines is 2. The standard InChI is InChI=1S/C15H20N2O6S2/c1-5-23-15(18)9-12-10-25(21,22)14-8-11(17(3)24(4,19)20)6-7-13(14)16(12)2/h6-8,10H,5,9H2,1-4H3. The van der Waals surface area contributed by atoms with Crippen LogP contribution in [0.3, 0.4) is 0 Å². The van der Waals surface area contributed by atoms with Gasteiger partial charge in [-0.15, -0.1) is 0 Å². The van der Waals surface area contributed by atoms with Crippen LogP contribution >= 0.6 is 0 Å². The highest BCUT2D eigenvalue weighted by Crippen LogP contribution is 2.37. The normalized spacial score (nSPS) is 16.0. The molecule has 0 aromatic heterocycles. The van der Waals surface area contributed by atoms with Crippen LogP contribution < -0.4 is 9.21 Å². The Hall–Kier alpha value is -2.07. The lowest BCUT2D eigenvalue weighted by Crippen LogP contribution is -2.28. The molecule has 0 N–H and O–H groups in total. The molecule has 8 nitrogen and oxygen atoms in total. The van der Waals surface area contributed by atoms with Crippen LogP contribution in [0.2, 0.25) is 0 Å². The van der Waals surface area contributed by atoms with Crippen LogP contribution in [0, 0.1) is 0 Å². The van der Waals surface area contributed by atoms with Crippen LogP contribution in [0.5, 0.6) is 0 Å². The minimum absolute atomic E-state index is 0.0180. The monoisotopic (exact) mass is 388 g/mol. The first-order valence-corrected chi connectivity index (χ1v) is 10.8. The molecule has 138 valence electrons. The molecule has 0 unspecified atom stereocenters. The molecule has 10 heteroatoms. The number of sulfonamides is 1. The van der Waals surface area contributed by atoms with E-state index in [1.807, 2.05) is 0 Å². The van der Waals surface area contributed by atoms with Gasteiger partial charge in [0.1, 0.15) is 0 Å². The fraction of sp³-hybridized carbons (Fsp3) is 0.400. The van der Waals surface area contributed by atoms with Gasteiger partial charge < -0.3 is 9.64 Å². The average Bonchev–Trinajstić information content (AvgIpc) is 2.50. The summed E-state index contributed by atoms with van der Waals surface area (Å²) in [7, 11) is -4.35. The van der Waals surface area contributed by atoms with E-state index in [2.05, 4.69) is 0 Å². The van der Waals surface area contributed by atoms with Crippen LogP contribution in [-0.4, -0.2) is 49.8 Å². The van der Waals surface area contributed by atoms with Crippen molar-refractivity contribution >= 4 is 37.2 Å². The molecule has 1 aliphatic rings. The highest BCUT2D eigenvalue weighted by atomic mass is 32.2. The number of ether oxygens (including phenoxy) is 1. The van der Waals surface area contributed by atoms with Gasteiger partial charge in [0.25, 0.3) is 0 Å². The Kier molecular flexibility index (Phi) is 5.14. The molecular weight excluding hydrogens is 368 g/mol. The number of rotatable bonds is 5. The van der Waals surface area contributed by atoms with Crippen molar-refractivity contribution in [2.75, 3.05) is 36.2 Å². The number of carbonyl (C=O) groups is 1. The second kappa shape index (κ2) is 6.68. The number of carbonyl (C=O) groups excluding carboxylic acids is 1. The van der Waals surface area contributed by atoms with E-state index in [-0.39, 0.29) is 29.3 Å². The third-order valence-electron chi connectivity index (χ3n) is 3.83. The summed E-state index contributed by atoms with van der Waals surface area (Å²) >= 11 is 0. The summed E-state index contributed by atoms with van der Waals surface area (Å²) in [6, 6.07) is 4.33. The molecule has 0 atom stereocenters. The van der Waals surface area contributed by atoms with E-state index in [0.29, 0.717) is 5.69 Å². The van der Waals surface area contributed by atoms with Gasteiger partial charge in [-0.2, -0.15) is 0 Å². The Morgan fingerprint density at radius 2 is 1.96 bits per heavy atom. The van der Waals surface area contributed by atoms with E-state index in [4.69, 9.17) is 4.74 Å². The molecule has 1 heterocycles. The quantitative estimate of drug-likeness (QED) is 0.696. The molecular formula is C15H20N2O6S2. The van der Waals surface area contributed by atoms with Gasteiger partial charge in [-0.3, -0.25) is 9.10 Å². The predicted molar refractivity (Wildman–Crippen MR) is 94.6 cm³/mol. The molecule has 0 amide bonds. The van der Waals surface area contributed by atoms with Gasteiger partial charge in [0.2, 0.25) is 19.9 Å². The Balaban J connectivity index is 2.48. The fourth-order valence-electron chi connectivity index (χ4n) is 2.39. The van der Waals surface area contributed by atoms with Gasteiger partial charge in [0.05, 0.1) is 41.0 Å². The van der Waals surface area contributed by atoms with E-state index < -0.39 is 25.8 Å². The number of hydrogen-bond acceptors (Lipinski definition) is 7. The predicted octanol–water partition coefficient (Wildman–Crippen LogP) is 1.10. The summed E-state index contributed by atoms with van der Waals surface area (Å²) in [5.74, 6) is -0.521. The van der Waals surface area contributed by atoms with E-state index in [1.165, 1.54) is 25.2 Å². The lowest BCUT2D eigenvalue weighted by molar-refractivity contribution is -0.142. The number of hydrogen-bond donors (Lipinski definition) is 0. The third kappa shape index (κ3) is 3.96. The van der Waals surface area contributed by atoms with Crippen molar-refractivity contribution in [2.24, 2.45) is 0 Å². The fourth-order valence-corrected chi connectivity index (χ4v) is 4.40. The molecule has 1 aromatic carbocycles. The maximum absolute atomic E-state index is 12.6. The molecule has 1 aromatic rings. The Labute approximate surface area is 147 Å². The molecule has 25 heavy (non-hydrogen) atoms. The minimum atomic E-state index is -3.82. The molecule has 0 fully saturated rings. The number of fused-ring (bicyclic) bond motifs is 1. The van der Waals surface area contributed by atoms with Crippen molar-refractivity contribution in [1.29, 1.82) is 0 Å². The van der Waals surface area contributed by atoms with E-state index in [1.54, 1.807) is 18.9 Å². The summed E-state index contributed by atoms with van der Waals surface area (Å²) in [5.41, 5.74) is 0.892. The first kappa shape index (κ1) is 19.3.